The van der Waals surface area contributed by atoms with Crippen LogP contribution in [0.5, 0.6) is 5.88 Å². The molecule has 2 nitrogen and oxygen atoms in total. The van der Waals surface area contributed by atoms with E-state index in [4.69, 9.17) is 16.3 Å². The third-order valence-electron chi connectivity index (χ3n) is 4.14. The van der Waals surface area contributed by atoms with Gasteiger partial charge in [-0.3, -0.25) is 0 Å². The predicted molar refractivity (Wildman–Crippen MR) is 86.7 cm³/mol. The number of alkyl halides is 1. The maximum absolute atomic E-state index is 14.5. The van der Waals surface area contributed by atoms with Crippen LogP contribution in [0.15, 0.2) is 30.5 Å². The van der Waals surface area contributed by atoms with Gasteiger partial charge in [-0.05, 0) is 62.4 Å². The van der Waals surface area contributed by atoms with Crippen LogP contribution >= 0.6 is 11.6 Å². The van der Waals surface area contributed by atoms with Crippen LogP contribution in [0, 0.1) is 11.6 Å². The lowest BCUT2D eigenvalue weighted by Crippen LogP contribution is -2.12. The van der Waals surface area contributed by atoms with E-state index >= 15 is 0 Å². The molecule has 5 heteroatoms. The summed E-state index contributed by atoms with van der Waals surface area (Å²) in [5.41, 5.74) is 0.628. The number of aromatic nitrogens is 1. The Bertz CT molecular complexity index is 676. The standard InChI is InChI=1S/C18H18ClF2NO/c1-11(19)12-9-15(20)17(16(21)10-12)14-7-4-8-22-18(14)23-13-5-2-3-6-13/h4,7-11,13H,2-3,5-6H2,1H3. The topological polar surface area (TPSA) is 22.1 Å². The minimum Gasteiger partial charge on any atom is -0.474 e. The fourth-order valence-electron chi connectivity index (χ4n) is 2.92. The Labute approximate surface area is 139 Å². The van der Waals surface area contributed by atoms with Gasteiger partial charge in [-0.15, -0.1) is 11.6 Å². The zero-order valence-corrected chi connectivity index (χ0v) is 13.6. The van der Waals surface area contributed by atoms with E-state index in [-0.39, 0.29) is 17.5 Å². The zero-order valence-electron chi connectivity index (χ0n) is 12.9. The Balaban J connectivity index is 2.01. The van der Waals surface area contributed by atoms with Crippen molar-refractivity contribution in [1.82, 2.24) is 4.98 Å². The summed E-state index contributed by atoms with van der Waals surface area (Å²) in [6.45, 7) is 1.67. The molecule has 1 aliphatic carbocycles. The molecule has 23 heavy (non-hydrogen) atoms. The quantitative estimate of drug-likeness (QED) is 0.673. The molecule has 1 atom stereocenters. The molecule has 1 aromatic heterocycles. The second-order valence-corrected chi connectivity index (χ2v) is 6.51. The minimum absolute atomic E-state index is 0.0666. The minimum atomic E-state index is -0.656. The fourth-order valence-corrected chi connectivity index (χ4v) is 3.04. The Hall–Kier alpha value is -1.68. The lowest BCUT2D eigenvalue weighted by molar-refractivity contribution is 0.202. The molecule has 2 aromatic rings. The first kappa shape index (κ1) is 16.2. The van der Waals surface area contributed by atoms with Crippen LogP contribution < -0.4 is 4.74 Å². The predicted octanol–water partition coefficient (Wildman–Crippen LogP) is 5.65. The Morgan fingerprint density at radius 3 is 2.48 bits per heavy atom. The normalized spacial score (nSPS) is 16.5. The van der Waals surface area contributed by atoms with E-state index in [2.05, 4.69) is 4.98 Å². The maximum Gasteiger partial charge on any atom is 0.221 e. The summed E-state index contributed by atoms with van der Waals surface area (Å²) in [4.78, 5) is 4.18. The molecule has 0 aliphatic heterocycles. The summed E-state index contributed by atoms with van der Waals surface area (Å²) in [5.74, 6) is -1.03. The molecule has 0 N–H and O–H groups in total. The van der Waals surface area contributed by atoms with Crippen LogP contribution in [0.25, 0.3) is 11.1 Å². The van der Waals surface area contributed by atoms with Gasteiger partial charge in [-0.1, -0.05) is 0 Å². The van der Waals surface area contributed by atoms with E-state index in [1.807, 2.05) is 0 Å². The van der Waals surface area contributed by atoms with Crippen LogP contribution in [-0.4, -0.2) is 11.1 Å². The van der Waals surface area contributed by atoms with Crippen LogP contribution in [0.4, 0.5) is 8.78 Å². The summed E-state index contributed by atoms with van der Waals surface area (Å²) in [7, 11) is 0. The molecule has 1 fully saturated rings. The van der Waals surface area contributed by atoms with Crippen LogP contribution in [0.3, 0.4) is 0 Å². The molecular formula is C18H18ClF2NO. The smallest absolute Gasteiger partial charge is 0.221 e. The highest BCUT2D eigenvalue weighted by Crippen LogP contribution is 2.36. The molecule has 0 amide bonds. The van der Waals surface area contributed by atoms with E-state index in [9.17, 15) is 8.78 Å². The van der Waals surface area contributed by atoms with Gasteiger partial charge >= 0.3 is 0 Å². The fraction of sp³-hybridized carbons (Fsp3) is 0.389. The number of hydrogen-bond donors (Lipinski definition) is 0. The zero-order chi connectivity index (χ0) is 16.4. The Kier molecular flexibility index (Phi) is 4.81. The van der Waals surface area contributed by atoms with Gasteiger partial charge in [0.2, 0.25) is 5.88 Å². The number of halogens is 3. The van der Waals surface area contributed by atoms with E-state index in [0.29, 0.717) is 11.1 Å². The third kappa shape index (κ3) is 3.47. The number of hydrogen-bond acceptors (Lipinski definition) is 2. The van der Waals surface area contributed by atoms with Crippen LogP contribution in [-0.2, 0) is 0 Å². The van der Waals surface area contributed by atoms with Crippen molar-refractivity contribution in [3.05, 3.63) is 47.7 Å². The van der Waals surface area contributed by atoms with Crippen molar-refractivity contribution in [2.75, 3.05) is 0 Å². The molecule has 0 radical (unpaired) electrons. The van der Waals surface area contributed by atoms with E-state index < -0.39 is 17.0 Å². The molecule has 1 aromatic carbocycles. The summed E-state index contributed by atoms with van der Waals surface area (Å²) in [6.07, 6.45) is 5.75. The average Bonchev–Trinajstić information content (AvgIpc) is 3.01. The molecule has 1 aliphatic rings. The molecule has 3 rings (SSSR count). The van der Waals surface area contributed by atoms with Crippen LogP contribution in [0.2, 0.25) is 0 Å². The number of nitrogens with zero attached hydrogens (tertiary/aromatic N) is 1. The first-order valence-electron chi connectivity index (χ1n) is 7.81. The number of rotatable bonds is 4. The van der Waals surface area contributed by atoms with Crippen molar-refractivity contribution in [3.8, 4) is 17.0 Å². The number of pyridine rings is 1. The highest BCUT2D eigenvalue weighted by molar-refractivity contribution is 6.20. The molecule has 1 saturated carbocycles. The van der Waals surface area contributed by atoms with Gasteiger partial charge in [0.05, 0.1) is 10.9 Å². The SMILES string of the molecule is CC(Cl)c1cc(F)c(-c2cccnc2OC2CCCC2)c(F)c1. The van der Waals surface area contributed by atoms with Crippen molar-refractivity contribution < 1.29 is 13.5 Å². The molecule has 1 heterocycles. The van der Waals surface area contributed by atoms with Gasteiger partial charge < -0.3 is 4.74 Å². The van der Waals surface area contributed by atoms with Crippen molar-refractivity contribution in [3.63, 3.8) is 0 Å². The highest BCUT2D eigenvalue weighted by Gasteiger charge is 2.22. The largest absolute Gasteiger partial charge is 0.474 e. The molecular weight excluding hydrogens is 320 g/mol. The van der Waals surface area contributed by atoms with Crippen molar-refractivity contribution in [1.29, 1.82) is 0 Å². The summed E-state index contributed by atoms with van der Waals surface area (Å²) in [5, 5.41) is -0.462. The van der Waals surface area contributed by atoms with Crippen LogP contribution in [0.1, 0.15) is 43.5 Å². The van der Waals surface area contributed by atoms with Gasteiger partial charge in [0.1, 0.15) is 17.7 Å². The molecule has 1 unspecified atom stereocenters. The third-order valence-corrected chi connectivity index (χ3v) is 4.40. The molecule has 122 valence electrons. The van der Waals surface area contributed by atoms with Gasteiger partial charge in [0.25, 0.3) is 0 Å². The van der Waals surface area contributed by atoms with Crippen molar-refractivity contribution in [2.24, 2.45) is 0 Å². The molecule has 0 saturated heterocycles. The first-order chi connectivity index (χ1) is 11.1. The summed E-state index contributed by atoms with van der Waals surface area (Å²) >= 11 is 5.92. The second kappa shape index (κ2) is 6.83. The monoisotopic (exact) mass is 337 g/mol. The Morgan fingerprint density at radius 1 is 1.22 bits per heavy atom. The Morgan fingerprint density at radius 2 is 1.87 bits per heavy atom. The van der Waals surface area contributed by atoms with Crippen molar-refractivity contribution >= 4 is 11.6 Å². The van der Waals surface area contributed by atoms with Gasteiger partial charge in [-0.25, -0.2) is 13.8 Å². The number of benzene rings is 1. The summed E-state index contributed by atoms with van der Waals surface area (Å²) < 4.78 is 34.8. The maximum atomic E-state index is 14.5. The first-order valence-corrected chi connectivity index (χ1v) is 8.25. The lowest BCUT2D eigenvalue weighted by Gasteiger charge is -2.16. The lowest BCUT2D eigenvalue weighted by atomic mass is 10.0. The average molecular weight is 338 g/mol. The van der Waals surface area contributed by atoms with Gasteiger partial charge in [0.15, 0.2) is 0 Å². The van der Waals surface area contributed by atoms with E-state index in [1.165, 1.54) is 12.1 Å². The summed E-state index contributed by atoms with van der Waals surface area (Å²) in [6, 6.07) is 5.81. The highest BCUT2D eigenvalue weighted by atomic mass is 35.5. The van der Waals surface area contributed by atoms with E-state index in [1.54, 1.807) is 25.3 Å². The van der Waals surface area contributed by atoms with Gasteiger partial charge in [0, 0.05) is 11.8 Å². The molecule has 0 bridgehead atoms. The van der Waals surface area contributed by atoms with Crippen molar-refractivity contribution in [2.45, 2.75) is 44.1 Å². The number of ether oxygens (including phenoxy) is 1. The van der Waals surface area contributed by atoms with E-state index in [0.717, 1.165) is 25.7 Å². The van der Waals surface area contributed by atoms with Gasteiger partial charge in [-0.2, -0.15) is 0 Å². The second-order valence-electron chi connectivity index (χ2n) is 5.86. The molecule has 0 spiro atoms.